The number of anilines is 1. The molecule has 0 spiro atoms. The van der Waals surface area contributed by atoms with Crippen LogP contribution in [0.2, 0.25) is 0 Å². The average Bonchev–Trinajstić information content (AvgIpc) is 2.62. The van der Waals surface area contributed by atoms with Crippen molar-refractivity contribution in [3.05, 3.63) is 34.9 Å². The summed E-state index contributed by atoms with van der Waals surface area (Å²) in [6, 6.07) is 7.40. The summed E-state index contributed by atoms with van der Waals surface area (Å²) in [7, 11) is 2.09. The number of aromatic nitrogens is 2. The largest absolute Gasteiger partial charge is 0.507 e. The Balaban J connectivity index is 1.96. The Bertz CT molecular complexity index is 910. The molecule has 2 heterocycles. The van der Waals surface area contributed by atoms with Gasteiger partial charge in [-0.25, -0.2) is 0 Å². The zero-order valence-corrected chi connectivity index (χ0v) is 15.0. The number of phenols is 1. The van der Waals surface area contributed by atoms with Crippen molar-refractivity contribution in [3.63, 3.8) is 0 Å². The monoisotopic (exact) mass is 347 g/mol. The van der Waals surface area contributed by atoms with E-state index in [0.29, 0.717) is 33.8 Å². The zero-order valence-electron chi connectivity index (χ0n) is 15.0. The Hall–Kier alpha value is -3.09. The number of aromatic hydroxyl groups is 1. The van der Waals surface area contributed by atoms with E-state index < -0.39 is 0 Å². The minimum atomic E-state index is 0.0244. The average molecular weight is 347 g/mol. The van der Waals surface area contributed by atoms with E-state index in [-0.39, 0.29) is 11.8 Å². The molecule has 1 aliphatic rings. The van der Waals surface area contributed by atoms with E-state index >= 15 is 0 Å². The number of benzene rings is 1. The van der Waals surface area contributed by atoms with E-state index in [4.69, 9.17) is 6.42 Å². The number of piperidine rings is 1. The second kappa shape index (κ2) is 7.43. The van der Waals surface area contributed by atoms with E-state index in [1.165, 1.54) is 6.07 Å². The van der Waals surface area contributed by atoms with Crippen LogP contribution in [0.25, 0.3) is 11.3 Å². The van der Waals surface area contributed by atoms with Crippen molar-refractivity contribution < 1.29 is 5.11 Å². The van der Waals surface area contributed by atoms with Gasteiger partial charge in [0.25, 0.3) is 0 Å². The summed E-state index contributed by atoms with van der Waals surface area (Å²) in [5, 5.41) is 31.8. The van der Waals surface area contributed by atoms with Crippen LogP contribution in [0.5, 0.6) is 5.75 Å². The van der Waals surface area contributed by atoms with Crippen LogP contribution in [0.3, 0.4) is 0 Å². The smallest absolute Gasteiger partial charge is 0.167 e. The van der Waals surface area contributed by atoms with E-state index in [9.17, 15) is 10.4 Å². The number of terminal acetylenes is 1. The van der Waals surface area contributed by atoms with Gasteiger partial charge in [0.15, 0.2) is 5.82 Å². The fourth-order valence-electron chi connectivity index (χ4n) is 3.31. The van der Waals surface area contributed by atoms with Gasteiger partial charge in [-0.1, -0.05) is 5.92 Å². The summed E-state index contributed by atoms with van der Waals surface area (Å²) in [5.74, 6) is 3.00. The van der Waals surface area contributed by atoms with E-state index in [1.807, 2.05) is 6.92 Å². The lowest BCUT2D eigenvalue weighted by Gasteiger charge is -2.30. The molecular formula is C20H21N5O. The van der Waals surface area contributed by atoms with Gasteiger partial charge in [-0.2, -0.15) is 5.26 Å². The van der Waals surface area contributed by atoms with Crippen molar-refractivity contribution in [2.45, 2.75) is 25.8 Å². The first kappa shape index (κ1) is 17.7. The number of nitrogens with zero attached hydrogens (tertiary/aromatic N) is 4. The van der Waals surface area contributed by atoms with Gasteiger partial charge in [0.05, 0.1) is 0 Å². The third-order valence-corrected chi connectivity index (χ3v) is 4.71. The van der Waals surface area contributed by atoms with Crippen molar-refractivity contribution >= 4 is 5.82 Å². The first-order valence-electron chi connectivity index (χ1n) is 8.56. The van der Waals surface area contributed by atoms with E-state index in [1.54, 1.807) is 12.1 Å². The fourth-order valence-corrected chi connectivity index (χ4v) is 3.31. The lowest BCUT2D eigenvalue weighted by atomic mass is 10.0. The molecule has 6 heteroatoms. The number of nitrogens with one attached hydrogen (secondary N) is 1. The van der Waals surface area contributed by atoms with E-state index in [2.05, 4.69) is 39.5 Å². The number of likely N-dealkylation sites (N-methyl/N-ethyl adjacent to an activating group) is 1. The summed E-state index contributed by atoms with van der Waals surface area (Å²) in [6.07, 6.45) is 7.50. The molecule has 3 rings (SSSR count). The standard InChI is InChI=1S/C20H21N5O/c1-4-14-7-8-16(18(26)10-14)19-13(2)17(11-21)20(24-23-19)22-15-6-5-9-25(3)12-15/h1,7-8,10,15,26H,5-6,9,12H2,2-3H3,(H,22,24)/t15-/m1/s1. The van der Waals surface area contributed by atoms with Crippen molar-refractivity contribution in [1.29, 1.82) is 5.26 Å². The molecular weight excluding hydrogens is 326 g/mol. The lowest BCUT2D eigenvalue weighted by molar-refractivity contribution is 0.260. The zero-order chi connectivity index (χ0) is 18.7. The number of nitriles is 1. The molecule has 1 aromatic heterocycles. The molecule has 0 saturated carbocycles. The van der Waals surface area contributed by atoms with Crippen molar-refractivity contribution in [1.82, 2.24) is 15.1 Å². The highest BCUT2D eigenvalue weighted by atomic mass is 16.3. The van der Waals surface area contributed by atoms with Gasteiger partial charge in [0.2, 0.25) is 0 Å². The predicted molar refractivity (Wildman–Crippen MR) is 101 cm³/mol. The number of likely N-dealkylation sites (tertiary alicyclic amines) is 1. The Morgan fingerprint density at radius 2 is 2.19 bits per heavy atom. The Kier molecular flexibility index (Phi) is 5.06. The summed E-state index contributed by atoms with van der Waals surface area (Å²) in [5.41, 5.74) is 2.70. The minimum absolute atomic E-state index is 0.0244. The topological polar surface area (TPSA) is 85.1 Å². The highest BCUT2D eigenvalue weighted by Crippen LogP contribution is 2.33. The van der Waals surface area contributed by atoms with Crippen LogP contribution < -0.4 is 5.32 Å². The van der Waals surface area contributed by atoms with Crippen LogP contribution in [-0.2, 0) is 0 Å². The van der Waals surface area contributed by atoms with Crippen LogP contribution in [-0.4, -0.2) is 46.4 Å². The lowest BCUT2D eigenvalue weighted by Crippen LogP contribution is -2.40. The predicted octanol–water partition coefficient (Wildman–Crippen LogP) is 2.52. The molecule has 1 saturated heterocycles. The first-order valence-corrected chi connectivity index (χ1v) is 8.56. The van der Waals surface area contributed by atoms with Gasteiger partial charge in [-0.05, 0) is 57.1 Å². The minimum Gasteiger partial charge on any atom is -0.507 e. The molecule has 26 heavy (non-hydrogen) atoms. The highest BCUT2D eigenvalue weighted by Gasteiger charge is 2.21. The van der Waals surface area contributed by atoms with Crippen molar-refractivity contribution in [2.75, 3.05) is 25.5 Å². The SMILES string of the molecule is C#Cc1ccc(-c2nnc(N[C@@H]3CCCN(C)C3)c(C#N)c2C)c(O)c1. The highest BCUT2D eigenvalue weighted by molar-refractivity contribution is 5.74. The molecule has 2 N–H and O–H groups in total. The molecule has 0 radical (unpaired) electrons. The summed E-state index contributed by atoms with van der Waals surface area (Å²) in [4.78, 5) is 2.26. The molecule has 2 aromatic rings. The fraction of sp³-hybridized carbons (Fsp3) is 0.350. The first-order chi connectivity index (χ1) is 12.5. The second-order valence-corrected chi connectivity index (χ2v) is 6.63. The quantitative estimate of drug-likeness (QED) is 0.830. The molecule has 0 unspecified atom stereocenters. The number of phenolic OH excluding ortho intramolecular Hbond substituents is 1. The van der Waals surface area contributed by atoms with E-state index in [0.717, 1.165) is 25.9 Å². The van der Waals surface area contributed by atoms with Crippen LogP contribution >= 0.6 is 0 Å². The molecule has 1 fully saturated rings. The number of hydrogen-bond donors (Lipinski definition) is 2. The number of hydrogen-bond acceptors (Lipinski definition) is 6. The van der Waals surface area contributed by atoms with Gasteiger partial charge in [-0.15, -0.1) is 16.6 Å². The van der Waals surface area contributed by atoms with Crippen LogP contribution in [0, 0.1) is 30.6 Å². The molecule has 0 amide bonds. The normalized spacial score (nSPS) is 17.3. The second-order valence-electron chi connectivity index (χ2n) is 6.63. The maximum absolute atomic E-state index is 10.3. The number of rotatable bonds is 3. The molecule has 1 aliphatic heterocycles. The third-order valence-electron chi connectivity index (χ3n) is 4.71. The molecule has 132 valence electrons. The summed E-state index contributed by atoms with van der Waals surface area (Å²) in [6.45, 7) is 3.80. The molecule has 0 aliphatic carbocycles. The maximum atomic E-state index is 10.3. The van der Waals surface area contributed by atoms with Crippen LogP contribution in [0.15, 0.2) is 18.2 Å². The van der Waals surface area contributed by atoms with Gasteiger partial charge in [-0.3, -0.25) is 0 Å². The third kappa shape index (κ3) is 3.46. The molecule has 1 aromatic carbocycles. The van der Waals surface area contributed by atoms with Crippen molar-refractivity contribution in [2.24, 2.45) is 0 Å². The molecule has 0 bridgehead atoms. The molecule has 6 nitrogen and oxygen atoms in total. The van der Waals surface area contributed by atoms with Crippen LogP contribution in [0.4, 0.5) is 5.82 Å². The Morgan fingerprint density at radius 1 is 1.38 bits per heavy atom. The van der Waals surface area contributed by atoms with Crippen molar-refractivity contribution in [3.8, 4) is 35.4 Å². The van der Waals surface area contributed by atoms with Gasteiger partial charge < -0.3 is 15.3 Å². The Morgan fingerprint density at radius 3 is 2.85 bits per heavy atom. The van der Waals surface area contributed by atoms with Gasteiger partial charge in [0, 0.05) is 23.7 Å². The summed E-state index contributed by atoms with van der Waals surface area (Å²) < 4.78 is 0. The molecule has 1 atom stereocenters. The Labute approximate surface area is 153 Å². The van der Waals surface area contributed by atoms with Crippen LogP contribution in [0.1, 0.15) is 29.5 Å². The maximum Gasteiger partial charge on any atom is 0.167 e. The van der Waals surface area contributed by atoms with Gasteiger partial charge >= 0.3 is 0 Å². The summed E-state index contributed by atoms with van der Waals surface area (Å²) >= 11 is 0. The van der Waals surface area contributed by atoms with Gasteiger partial charge in [0.1, 0.15) is 23.1 Å².